The Bertz CT molecular complexity index is 787. The molecule has 9 heteroatoms. The second kappa shape index (κ2) is 11.2. The van der Waals surface area contributed by atoms with Crippen LogP contribution >= 0.6 is 24.2 Å². The van der Waals surface area contributed by atoms with Gasteiger partial charge in [-0.1, -0.05) is 11.8 Å². The molecule has 2 aliphatic rings. The molecular formula is C21H32ClN5O2S. The number of oxazole rings is 1. The van der Waals surface area contributed by atoms with Gasteiger partial charge < -0.3 is 24.7 Å². The van der Waals surface area contributed by atoms with Crippen LogP contribution in [0.15, 0.2) is 21.8 Å². The molecule has 2 fully saturated rings. The molecule has 166 valence electrons. The van der Waals surface area contributed by atoms with E-state index in [1.165, 1.54) is 18.5 Å². The molecule has 0 spiro atoms. The molecule has 0 saturated carbocycles. The first-order valence-electron chi connectivity index (χ1n) is 10.5. The summed E-state index contributed by atoms with van der Waals surface area (Å²) in [5, 5.41) is 7.79. The van der Waals surface area contributed by atoms with Crippen molar-refractivity contribution in [3.63, 3.8) is 0 Å². The number of morpholine rings is 1. The number of halogens is 1. The minimum Gasteiger partial charge on any atom is -0.437 e. The zero-order valence-electron chi connectivity index (χ0n) is 17.8. The Hall–Kier alpha value is -1.48. The van der Waals surface area contributed by atoms with Gasteiger partial charge in [-0.15, -0.1) is 12.4 Å². The lowest BCUT2D eigenvalue weighted by molar-refractivity contribution is 0.122. The highest BCUT2D eigenvalue weighted by Crippen LogP contribution is 2.27. The summed E-state index contributed by atoms with van der Waals surface area (Å²) in [6.07, 6.45) is 2.53. The van der Waals surface area contributed by atoms with Crippen LogP contribution in [0.2, 0.25) is 0 Å². The van der Waals surface area contributed by atoms with E-state index in [2.05, 4.69) is 32.7 Å². The number of thioether (sulfide) groups is 1. The quantitative estimate of drug-likeness (QED) is 0.615. The highest BCUT2D eigenvalue weighted by atomic mass is 35.5. The van der Waals surface area contributed by atoms with Crippen molar-refractivity contribution >= 4 is 35.7 Å². The fourth-order valence-corrected chi connectivity index (χ4v) is 4.53. The monoisotopic (exact) mass is 453 g/mol. The predicted octanol–water partition coefficient (Wildman–Crippen LogP) is 3.65. The predicted molar refractivity (Wildman–Crippen MR) is 124 cm³/mol. The lowest BCUT2D eigenvalue weighted by Gasteiger charge is -2.29. The van der Waals surface area contributed by atoms with Crippen molar-refractivity contribution in [2.45, 2.75) is 37.7 Å². The Kier molecular flexibility index (Phi) is 8.68. The van der Waals surface area contributed by atoms with E-state index in [-0.39, 0.29) is 12.4 Å². The van der Waals surface area contributed by atoms with Gasteiger partial charge in [-0.2, -0.15) is 0 Å². The van der Waals surface area contributed by atoms with E-state index >= 15 is 0 Å². The van der Waals surface area contributed by atoms with Gasteiger partial charge in [0.05, 0.1) is 24.6 Å². The van der Waals surface area contributed by atoms with Gasteiger partial charge in [0, 0.05) is 37.1 Å². The molecule has 2 N–H and O–H groups in total. The average molecular weight is 454 g/mol. The number of aromatic nitrogens is 2. The molecule has 2 aromatic rings. The summed E-state index contributed by atoms with van der Waals surface area (Å²) in [6, 6.07) is 4.36. The molecule has 1 unspecified atom stereocenters. The lowest BCUT2D eigenvalue weighted by Crippen LogP contribution is -2.36. The van der Waals surface area contributed by atoms with Gasteiger partial charge in [0.25, 0.3) is 5.22 Å². The third-order valence-corrected chi connectivity index (χ3v) is 6.42. The minimum atomic E-state index is 0. The zero-order chi connectivity index (χ0) is 20.1. The molecule has 4 rings (SSSR count). The first-order valence-corrected chi connectivity index (χ1v) is 11.5. The molecule has 2 aromatic heterocycles. The summed E-state index contributed by atoms with van der Waals surface area (Å²) in [5.41, 5.74) is 3.20. The van der Waals surface area contributed by atoms with Crippen molar-refractivity contribution in [2.24, 2.45) is 5.92 Å². The maximum Gasteiger partial charge on any atom is 0.256 e. The van der Waals surface area contributed by atoms with Crippen LogP contribution in [0, 0.1) is 19.8 Å². The lowest BCUT2D eigenvalue weighted by atomic mass is 10.00. The molecule has 2 saturated heterocycles. The van der Waals surface area contributed by atoms with E-state index in [1.807, 2.05) is 13.8 Å². The van der Waals surface area contributed by atoms with Crippen LogP contribution in [0.25, 0.3) is 0 Å². The molecule has 0 aliphatic carbocycles. The third-order valence-electron chi connectivity index (χ3n) is 5.56. The number of nitrogens with one attached hydrogen (secondary N) is 2. The topological polar surface area (TPSA) is 75.5 Å². The van der Waals surface area contributed by atoms with Gasteiger partial charge >= 0.3 is 0 Å². The summed E-state index contributed by atoms with van der Waals surface area (Å²) in [7, 11) is 0. The molecule has 0 radical (unpaired) electrons. The number of hydrogen-bond acceptors (Lipinski definition) is 8. The molecule has 0 bridgehead atoms. The van der Waals surface area contributed by atoms with Crippen LogP contribution in [0.4, 0.5) is 11.5 Å². The largest absolute Gasteiger partial charge is 0.437 e. The molecule has 7 nitrogen and oxygen atoms in total. The zero-order valence-corrected chi connectivity index (χ0v) is 19.4. The van der Waals surface area contributed by atoms with Crippen molar-refractivity contribution in [2.75, 3.05) is 56.2 Å². The fourth-order valence-electron chi connectivity index (χ4n) is 3.73. The number of rotatable bonds is 7. The second-order valence-corrected chi connectivity index (χ2v) is 8.73. The van der Waals surface area contributed by atoms with Gasteiger partial charge in [-0.25, -0.2) is 9.97 Å². The van der Waals surface area contributed by atoms with Gasteiger partial charge in [0.2, 0.25) is 0 Å². The highest BCUT2D eigenvalue weighted by Gasteiger charge is 2.16. The van der Waals surface area contributed by atoms with Crippen molar-refractivity contribution in [3.8, 4) is 0 Å². The van der Waals surface area contributed by atoms with Crippen LogP contribution in [-0.4, -0.2) is 55.9 Å². The van der Waals surface area contributed by atoms with Crippen LogP contribution in [0.5, 0.6) is 0 Å². The summed E-state index contributed by atoms with van der Waals surface area (Å²) in [4.78, 5) is 11.7. The fraction of sp³-hybridized carbons (Fsp3) is 0.619. The molecule has 2 aliphatic heterocycles. The van der Waals surface area contributed by atoms with E-state index in [1.54, 1.807) is 11.8 Å². The smallest absolute Gasteiger partial charge is 0.256 e. The van der Waals surface area contributed by atoms with E-state index in [9.17, 15) is 0 Å². The number of aryl methyl sites for hydroxylation is 2. The number of anilines is 2. The van der Waals surface area contributed by atoms with Crippen molar-refractivity contribution in [3.05, 3.63) is 29.3 Å². The van der Waals surface area contributed by atoms with Gasteiger partial charge in [-0.3, -0.25) is 0 Å². The summed E-state index contributed by atoms with van der Waals surface area (Å²) < 4.78 is 11.2. The van der Waals surface area contributed by atoms with Gasteiger partial charge in [-0.05, 0) is 51.8 Å². The maximum absolute atomic E-state index is 5.71. The number of piperidine rings is 1. The number of nitrogens with zero attached hydrogens (tertiary/aromatic N) is 3. The van der Waals surface area contributed by atoms with Crippen LogP contribution in [0.3, 0.4) is 0 Å². The maximum atomic E-state index is 5.71. The van der Waals surface area contributed by atoms with Crippen molar-refractivity contribution in [1.29, 1.82) is 0 Å². The first kappa shape index (κ1) is 23.2. The van der Waals surface area contributed by atoms with Gasteiger partial charge in [0.1, 0.15) is 11.6 Å². The summed E-state index contributed by atoms with van der Waals surface area (Å²) in [6.45, 7) is 10.5. The highest BCUT2D eigenvalue weighted by molar-refractivity contribution is 7.98. The average Bonchev–Trinajstić information content (AvgIpc) is 3.09. The van der Waals surface area contributed by atoms with Gasteiger partial charge in [0.15, 0.2) is 0 Å². The number of ether oxygens (including phenoxy) is 1. The normalized spacial score (nSPS) is 19.4. The molecule has 0 aromatic carbocycles. The standard InChI is InChI=1S/C21H31N5O2S.ClH/c1-15-16(2)28-21(24-15)29-14-18-10-19(26-6-8-27-9-7-26)11-20(25-18)23-13-17-4-3-5-22-12-17;/h10-11,17,22H,3-9,12-14H2,1-2H3,(H,23,25);1H. The Morgan fingerprint density at radius 1 is 1.23 bits per heavy atom. The SMILES string of the molecule is Cc1nc(SCc2cc(N3CCOCC3)cc(NCC3CCCNC3)n2)oc1C.Cl. The third kappa shape index (κ3) is 6.26. The van der Waals surface area contributed by atoms with E-state index in [0.717, 1.165) is 74.7 Å². The molecule has 1 atom stereocenters. The Balaban J connectivity index is 0.00000256. The van der Waals surface area contributed by atoms with E-state index in [4.69, 9.17) is 14.1 Å². The van der Waals surface area contributed by atoms with Crippen LogP contribution < -0.4 is 15.5 Å². The molecular weight excluding hydrogens is 422 g/mol. The summed E-state index contributed by atoms with van der Waals surface area (Å²) in [5.74, 6) is 3.23. The van der Waals surface area contributed by atoms with Crippen molar-refractivity contribution in [1.82, 2.24) is 15.3 Å². The Labute approximate surface area is 189 Å². The Morgan fingerprint density at radius 2 is 2.07 bits per heavy atom. The minimum absolute atomic E-state index is 0. The molecule has 30 heavy (non-hydrogen) atoms. The van der Waals surface area contributed by atoms with Crippen LogP contribution in [0.1, 0.15) is 30.0 Å². The van der Waals surface area contributed by atoms with E-state index in [0.29, 0.717) is 11.1 Å². The number of pyridine rings is 1. The van der Waals surface area contributed by atoms with Crippen molar-refractivity contribution < 1.29 is 9.15 Å². The molecule has 0 amide bonds. The van der Waals surface area contributed by atoms with Crippen LogP contribution in [-0.2, 0) is 10.5 Å². The molecule has 4 heterocycles. The second-order valence-electron chi connectivity index (χ2n) is 7.80. The summed E-state index contributed by atoms with van der Waals surface area (Å²) >= 11 is 1.60. The first-order chi connectivity index (χ1) is 14.2. The van der Waals surface area contributed by atoms with E-state index < -0.39 is 0 Å². The Morgan fingerprint density at radius 3 is 2.77 bits per heavy atom. The number of hydrogen-bond donors (Lipinski definition) is 2.